The molecular formula is C16H24F2N2O2. The van der Waals surface area contributed by atoms with Gasteiger partial charge in [-0.1, -0.05) is 26.8 Å². The second-order valence-electron chi connectivity index (χ2n) is 6.56. The molecule has 0 aliphatic carbocycles. The Morgan fingerprint density at radius 3 is 2.41 bits per heavy atom. The Balaban J connectivity index is 3.08. The molecule has 0 heterocycles. The van der Waals surface area contributed by atoms with Gasteiger partial charge in [-0.15, -0.1) is 0 Å². The lowest BCUT2D eigenvalue weighted by molar-refractivity contribution is 0.147. The van der Waals surface area contributed by atoms with Gasteiger partial charge in [-0.05, 0) is 18.4 Å². The first-order chi connectivity index (χ1) is 10.1. The molecule has 1 aromatic rings. The van der Waals surface area contributed by atoms with E-state index in [-0.39, 0.29) is 18.2 Å². The van der Waals surface area contributed by atoms with Gasteiger partial charge >= 0.3 is 6.03 Å². The SMILES string of the molecule is CC(CO)N(C)C(=O)NC(c1ccc(F)cc1F)C(C)(C)C. The number of likely N-dealkylation sites (N-methyl/N-ethyl adjacent to an activating group) is 1. The molecule has 0 bridgehead atoms. The van der Waals surface area contributed by atoms with Crippen molar-refractivity contribution < 1.29 is 18.7 Å². The van der Waals surface area contributed by atoms with Crippen molar-refractivity contribution in [1.82, 2.24) is 10.2 Å². The fourth-order valence-electron chi connectivity index (χ4n) is 2.04. The van der Waals surface area contributed by atoms with Crippen LogP contribution >= 0.6 is 0 Å². The van der Waals surface area contributed by atoms with Crippen molar-refractivity contribution >= 4 is 6.03 Å². The molecule has 0 radical (unpaired) electrons. The lowest BCUT2D eigenvalue weighted by Gasteiger charge is -2.34. The molecule has 0 spiro atoms. The molecule has 2 unspecified atom stereocenters. The van der Waals surface area contributed by atoms with Gasteiger partial charge in [-0.3, -0.25) is 0 Å². The maximum Gasteiger partial charge on any atom is 0.317 e. The molecule has 1 aromatic carbocycles. The average Bonchev–Trinajstić information content (AvgIpc) is 2.42. The van der Waals surface area contributed by atoms with Crippen LogP contribution in [0, 0.1) is 17.0 Å². The molecule has 4 nitrogen and oxygen atoms in total. The molecule has 124 valence electrons. The van der Waals surface area contributed by atoms with Crippen LogP contribution in [0.4, 0.5) is 13.6 Å². The van der Waals surface area contributed by atoms with Crippen LogP contribution in [-0.4, -0.2) is 35.7 Å². The van der Waals surface area contributed by atoms with E-state index in [9.17, 15) is 13.6 Å². The van der Waals surface area contributed by atoms with Gasteiger partial charge in [0.25, 0.3) is 0 Å². The van der Waals surface area contributed by atoms with E-state index in [1.165, 1.54) is 17.0 Å². The van der Waals surface area contributed by atoms with E-state index in [0.717, 1.165) is 6.07 Å². The van der Waals surface area contributed by atoms with Gasteiger partial charge in [-0.2, -0.15) is 0 Å². The highest BCUT2D eigenvalue weighted by Crippen LogP contribution is 2.34. The van der Waals surface area contributed by atoms with Crippen LogP contribution in [0.2, 0.25) is 0 Å². The maximum absolute atomic E-state index is 14.1. The van der Waals surface area contributed by atoms with Gasteiger partial charge < -0.3 is 15.3 Å². The highest BCUT2D eigenvalue weighted by molar-refractivity contribution is 5.75. The number of halogens is 2. The summed E-state index contributed by atoms with van der Waals surface area (Å²) < 4.78 is 27.1. The quantitative estimate of drug-likeness (QED) is 0.897. The van der Waals surface area contributed by atoms with Crippen molar-refractivity contribution in [3.8, 4) is 0 Å². The van der Waals surface area contributed by atoms with Crippen molar-refractivity contribution in [2.75, 3.05) is 13.7 Å². The molecule has 2 atom stereocenters. The fraction of sp³-hybridized carbons (Fsp3) is 0.562. The van der Waals surface area contributed by atoms with Crippen LogP contribution in [0.3, 0.4) is 0 Å². The summed E-state index contributed by atoms with van der Waals surface area (Å²) in [5.41, 5.74) is -0.246. The first-order valence-corrected chi connectivity index (χ1v) is 7.17. The van der Waals surface area contributed by atoms with E-state index < -0.39 is 29.1 Å². The van der Waals surface area contributed by atoms with E-state index in [1.807, 2.05) is 20.8 Å². The molecule has 6 heteroatoms. The number of aliphatic hydroxyl groups is 1. The molecule has 2 N–H and O–H groups in total. The van der Waals surface area contributed by atoms with E-state index in [1.54, 1.807) is 14.0 Å². The van der Waals surface area contributed by atoms with Gasteiger partial charge in [0, 0.05) is 18.7 Å². The highest BCUT2D eigenvalue weighted by atomic mass is 19.1. The third-order valence-electron chi connectivity index (χ3n) is 3.65. The lowest BCUT2D eigenvalue weighted by atomic mass is 9.82. The van der Waals surface area contributed by atoms with Crippen molar-refractivity contribution in [3.05, 3.63) is 35.4 Å². The Morgan fingerprint density at radius 2 is 1.95 bits per heavy atom. The van der Waals surface area contributed by atoms with Crippen molar-refractivity contribution in [1.29, 1.82) is 0 Å². The Hall–Kier alpha value is -1.69. The van der Waals surface area contributed by atoms with Gasteiger partial charge in [0.2, 0.25) is 0 Å². The number of hydrogen-bond donors (Lipinski definition) is 2. The summed E-state index contributed by atoms with van der Waals surface area (Å²) in [5, 5.41) is 11.9. The van der Waals surface area contributed by atoms with Crippen molar-refractivity contribution in [2.45, 2.75) is 39.8 Å². The predicted molar refractivity (Wildman–Crippen MR) is 81.4 cm³/mol. The molecule has 0 aliphatic rings. The minimum absolute atomic E-state index is 0.172. The number of amides is 2. The lowest BCUT2D eigenvalue weighted by Crippen LogP contribution is -2.47. The van der Waals surface area contributed by atoms with Gasteiger partial charge in [0.1, 0.15) is 11.6 Å². The second-order valence-corrected chi connectivity index (χ2v) is 6.56. The zero-order valence-corrected chi connectivity index (χ0v) is 13.7. The predicted octanol–water partition coefficient (Wildman–Crippen LogP) is 3.07. The molecule has 1 rings (SSSR count). The Bertz CT molecular complexity index is 529. The van der Waals surface area contributed by atoms with Gasteiger partial charge in [-0.25, -0.2) is 13.6 Å². The molecule has 0 fully saturated rings. The third-order valence-corrected chi connectivity index (χ3v) is 3.65. The molecule has 0 saturated carbocycles. The van der Waals surface area contributed by atoms with Crippen LogP contribution < -0.4 is 5.32 Å². The molecule has 0 saturated heterocycles. The van der Waals surface area contributed by atoms with Gasteiger partial charge in [0.05, 0.1) is 18.7 Å². The number of nitrogens with zero attached hydrogens (tertiary/aromatic N) is 1. The zero-order chi connectivity index (χ0) is 17.1. The topological polar surface area (TPSA) is 52.6 Å². The summed E-state index contributed by atoms with van der Waals surface area (Å²) in [7, 11) is 1.55. The Kier molecular flexibility index (Phi) is 5.88. The number of hydrogen-bond acceptors (Lipinski definition) is 2. The van der Waals surface area contributed by atoms with Crippen molar-refractivity contribution in [2.24, 2.45) is 5.41 Å². The smallest absolute Gasteiger partial charge is 0.317 e. The fourth-order valence-corrected chi connectivity index (χ4v) is 2.04. The summed E-state index contributed by atoms with van der Waals surface area (Å²) in [5.74, 6) is -1.36. The Labute approximate surface area is 130 Å². The summed E-state index contributed by atoms with van der Waals surface area (Å²) in [6.45, 7) is 7.10. The molecule has 0 aliphatic heterocycles. The van der Waals surface area contributed by atoms with Crippen LogP contribution in [0.5, 0.6) is 0 Å². The minimum Gasteiger partial charge on any atom is -0.394 e. The Morgan fingerprint density at radius 1 is 1.36 bits per heavy atom. The highest BCUT2D eigenvalue weighted by Gasteiger charge is 2.31. The number of benzene rings is 1. The number of carbonyl (C=O) groups excluding carboxylic acids is 1. The largest absolute Gasteiger partial charge is 0.394 e. The number of rotatable bonds is 4. The van der Waals surface area contributed by atoms with E-state index >= 15 is 0 Å². The molecule has 22 heavy (non-hydrogen) atoms. The number of urea groups is 1. The van der Waals surface area contributed by atoms with Crippen LogP contribution in [-0.2, 0) is 0 Å². The van der Waals surface area contributed by atoms with Crippen LogP contribution in [0.1, 0.15) is 39.3 Å². The summed E-state index contributed by atoms with van der Waals surface area (Å²) in [6, 6.07) is 1.90. The number of aliphatic hydroxyl groups excluding tert-OH is 1. The number of carbonyl (C=O) groups is 1. The van der Waals surface area contributed by atoms with E-state index in [4.69, 9.17) is 5.11 Å². The van der Waals surface area contributed by atoms with Crippen LogP contribution in [0.25, 0.3) is 0 Å². The monoisotopic (exact) mass is 314 g/mol. The van der Waals surface area contributed by atoms with Gasteiger partial charge in [0.15, 0.2) is 0 Å². The summed E-state index contributed by atoms with van der Waals surface area (Å²) >= 11 is 0. The minimum atomic E-state index is -0.696. The number of nitrogens with one attached hydrogen (secondary N) is 1. The van der Waals surface area contributed by atoms with Crippen molar-refractivity contribution in [3.63, 3.8) is 0 Å². The standard InChI is InChI=1S/C16H24F2N2O2/c1-10(9-21)20(5)15(22)19-14(16(2,3)4)12-7-6-11(17)8-13(12)18/h6-8,10,14,21H,9H2,1-5H3,(H,19,22). The molecule has 2 amide bonds. The second kappa shape index (κ2) is 7.05. The van der Waals surface area contributed by atoms with Crippen LogP contribution in [0.15, 0.2) is 18.2 Å². The summed E-state index contributed by atoms with van der Waals surface area (Å²) in [4.78, 5) is 13.6. The summed E-state index contributed by atoms with van der Waals surface area (Å²) in [6.07, 6.45) is 0. The molecular weight excluding hydrogens is 290 g/mol. The first kappa shape index (κ1) is 18.4. The van der Waals surface area contributed by atoms with E-state index in [2.05, 4.69) is 5.32 Å². The molecule has 0 aromatic heterocycles. The normalized spacial score (nSPS) is 14.4. The van der Waals surface area contributed by atoms with E-state index in [0.29, 0.717) is 0 Å². The zero-order valence-electron chi connectivity index (χ0n) is 13.7. The maximum atomic E-state index is 14.1. The first-order valence-electron chi connectivity index (χ1n) is 7.17. The third kappa shape index (κ3) is 4.40. The average molecular weight is 314 g/mol.